The van der Waals surface area contributed by atoms with Gasteiger partial charge in [-0.1, -0.05) is 12.8 Å². The fourth-order valence-corrected chi connectivity index (χ4v) is 4.32. The van der Waals surface area contributed by atoms with Crippen LogP contribution in [-0.4, -0.2) is 62.9 Å². The molecule has 1 N–H and O–H groups in total. The third-order valence-electron chi connectivity index (χ3n) is 5.84. The molecule has 0 radical (unpaired) electrons. The second kappa shape index (κ2) is 10.1. The largest absolute Gasteiger partial charge is 0.497 e. The smallest absolute Gasteiger partial charge is 0.255 e. The number of piperidine rings is 1. The van der Waals surface area contributed by atoms with Crippen molar-refractivity contribution in [3.8, 4) is 11.5 Å². The Balaban J connectivity index is 1.63. The lowest BCUT2D eigenvalue weighted by Crippen LogP contribution is -2.43. The van der Waals surface area contributed by atoms with E-state index in [1.807, 2.05) is 19.1 Å². The fraction of sp³-hybridized carbons (Fsp3) is 0.682. The second-order valence-corrected chi connectivity index (χ2v) is 7.98. The van der Waals surface area contributed by atoms with Crippen molar-refractivity contribution >= 4 is 5.91 Å². The molecule has 1 aromatic carbocycles. The summed E-state index contributed by atoms with van der Waals surface area (Å²) in [6.07, 6.45) is 7.57. The standard InChI is InChI=1S/C22H34N2O4/c1-16(15-26-2)23-22(25)20-14-19(27-3)8-9-21(20)28-18-10-12-24(13-11-18)17-6-4-5-7-17/h8-9,14,16-18H,4-7,10-13,15H2,1-3H3,(H,23,25)/t16-/m0/s1. The Morgan fingerprint density at radius 3 is 2.54 bits per heavy atom. The Bertz CT molecular complexity index is 637. The molecule has 28 heavy (non-hydrogen) atoms. The average molecular weight is 391 g/mol. The molecule has 2 aliphatic rings. The van der Waals surface area contributed by atoms with E-state index in [1.54, 1.807) is 20.3 Å². The third-order valence-corrected chi connectivity index (χ3v) is 5.84. The molecule has 0 bridgehead atoms. The number of methoxy groups -OCH3 is 2. The van der Waals surface area contributed by atoms with E-state index < -0.39 is 0 Å². The maximum atomic E-state index is 12.8. The molecular formula is C22H34N2O4. The third kappa shape index (κ3) is 5.39. The number of ether oxygens (including phenoxy) is 3. The van der Waals surface area contributed by atoms with E-state index in [2.05, 4.69) is 10.2 Å². The molecule has 6 heteroatoms. The van der Waals surface area contributed by atoms with Gasteiger partial charge in [0.1, 0.15) is 17.6 Å². The van der Waals surface area contributed by atoms with Crippen molar-refractivity contribution in [2.45, 2.75) is 63.6 Å². The molecular weight excluding hydrogens is 356 g/mol. The second-order valence-electron chi connectivity index (χ2n) is 7.98. The highest BCUT2D eigenvalue weighted by Gasteiger charge is 2.28. The number of amides is 1. The Labute approximate surface area is 168 Å². The topological polar surface area (TPSA) is 60.0 Å². The SMILES string of the molecule is COC[C@H](C)NC(=O)c1cc(OC)ccc1OC1CCN(C2CCCC2)CC1. The summed E-state index contributed by atoms with van der Waals surface area (Å²) in [5.74, 6) is 1.11. The average Bonchev–Trinajstić information content (AvgIpc) is 3.24. The van der Waals surface area contributed by atoms with Crippen LogP contribution in [0.15, 0.2) is 18.2 Å². The normalized spacial score (nSPS) is 20.1. The van der Waals surface area contributed by atoms with Crippen molar-refractivity contribution in [1.82, 2.24) is 10.2 Å². The van der Waals surface area contributed by atoms with Crippen LogP contribution in [0, 0.1) is 0 Å². The zero-order chi connectivity index (χ0) is 19.9. The molecule has 1 saturated heterocycles. The predicted molar refractivity (Wildman–Crippen MR) is 109 cm³/mol. The summed E-state index contributed by atoms with van der Waals surface area (Å²) < 4.78 is 16.7. The van der Waals surface area contributed by atoms with Crippen LogP contribution in [0.4, 0.5) is 0 Å². The van der Waals surface area contributed by atoms with Gasteiger partial charge in [-0.2, -0.15) is 0 Å². The van der Waals surface area contributed by atoms with Crippen molar-refractivity contribution in [3.63, 3.8) is 0 Å². The molecule has 1 aromatic rings. The molecule has 1 saturated carbocycles. The minimum absolute atomic E-state index is 0.0776. The Hall–Kier alpha value is -1.79. The van der Waals surface area contributed by atoms with Crippen LogP contribution in [0.3, 0.4) is 0 Å². The number of benzene rings is 1. The highest BCUT2D eigenvalue weighted by molar-refractivity contribution is 5.97. The number of carbonyl (C=O) groups excluding carboxylic acids is 1. The quantitative estimate of drug-likeness (QED) is 0.738. The summed E-state index contributed by atoms with van der Waals surface area (Å²) in [5, 5.41) is 2.96. The van der Waals surface area contributed by atoms with Crippen LogP contribution in [0.25, 0.3) is 0 Å². The first-order valence-corrected chi connectivity index (χ1v) is 10.5. The van der Waals surface area contributed by atoms with Crippen LogP contribution in [0.1, 0.15) is 55.8 Å². The molecule has 1 aliphatic carbocycles. The van der Waals surface area contributed by atoms with Crippen LogP contribution in [0.2, 0.25) is 0 Å². The Kier molecular flexibility index (Phi) is 7.57. The predicted octanol–water partition coefficient (Wildman–Crippen LogP) is 3.25. The van der Waals surface area contributed by atoms with E-state index in [9.17, 15) is 4.79 Å². The number of hydrogen-bond donors (Lipinski definition) is 1. The van der Waals surface area contributed by atoms with Crippen LogP contribution in [0.5, 0.6) is 11.5 Å². The zero-order valence-electron chi connectivity index (χ0n) is 17.4. The lowest BCUT2D eigenvalue weighted by Gasteiger charge is -2.36. The lowest BCUT2D eigenvalue weighted by atomic mass is 10.0. The summed E-state index contributed by atoms with van der Waals surface area (Å²) in [6.45, 7) is 4.54. The number of nitrogens with zero attached hydrogens (tertiary/aromatic N) is 1. The molecule has 6 nitrogen and oxygen atoms in total. The van der Waals surface area contributed by atoms with Gasteiger partial charge < -0.3 is 24.4 Å². The maximum absolute atomic E-state index is 12.8. The lowest BCUT2D eigenvalue weighted by molar-refractivity contribution is 0.0745. The molecule has 1 heterocycles. The van der Waals surface area contributed by atoms with Gasteiger partial charge in [-0.15, -0.1) is 0 Å². The fourth-order valence-electron chi connectivity index (χ4n) is 4.32. The van der Waals surface area contributed by atoms with Crippen LogP contribution < -0.4 is 14.8 Å². The number of hydrogen-bond acceptors (Lipinski definition) is 5. The number of likely N-dealkylation sites (tertiary alicyclic amines) is 1. The first kappa shape index (κ1) is 20.9. The minimum atomic E-state index is -0.165. The van der Waals surface area contributed by atoms with Gasteiger partial charge in [0.2, 0.25) is 0 Å². The first-order valence-electron chi connectivity index (χ1n) is 10.5. The number of rotatable bonds is 8. The highest BCUT2D eigenvalue weighted by atomic mass is 16.5. The zero-order valence-corrected chi connectivity index (χ0v) is 17.4. The van der Waals surface area contributed by atoms with Crippen molar-refractivity contribution in [2.75, 3.05) is 33.9 Å². The summed E-state index contributed by atoms with van der Waals surface area (Å²) in [6, 6.07) is 6.13. The molecule has 3 rings (SSSR count). The Morgan fingerprint density at radius 1 is 1.18 bits per heavy atom. The van der Waals surface area contributed by atoms with Crippen LogP contribution in [-0.2, 0) is 4.74 Å². The van der Waals surface area contributed by atoms with Gasteiger partial charge in [0.25, 0.3) is 5.91 Å². The molecule has 0 spiro atoms. The summed E-state index contributed by atoms with van der Waals surface area (Å²) in [7, 11) is 3.23. The van der Waals surface area contributed by atoms with E-state index in [0.717, 1.165) is 32.0 Å². The van der Waals surface area contributed by atoms with Gasteiger partial charge in [-0.25, -0.2) is 0 Å². The van der Waals surface area contributed by atoms with Gasteiger partial charge in [0, 0.05) is 32.3 Å². The Morgan fingerprint density at radius 2 is 1.89 bits per heavy atom. The molecule has 0 unspecified atom stereocenters. The maximum Gasteiger partial charge on any atom is 0.255 e. The monoisotopic (exact) mass is 390 g/mol. The molecule has 0 aromatic heterocycles. The number of nitrogens with one attached hydrogen (secondary N) is 1. The molecule has 1 atom stereocenters. The van der Waals surface area contributed by atoms with Gasteiger partial charge in [0.05, 0.1) is 19.3 Å². The van der Waals surface area contributed by atoms with Crippen molar-refractivity contribution in [3.05, 3.63) is 23.8 Å². The van der Waals surface area contributed by atoms with Crippen molar-refractivity contribution < 1.29 is 19.0 Å². The van der Waals surface area contributed by atoms with Gasteiger partial charge >= 0.3 is 0 Å². The van der Waals surface area contributed by atoms with E-state index in [1.165, 1.54) is 25.7 Å². The van der Waals surface area contributed by atoms with E-state index in [0.29, 0.717) is 23.7 Å². The summed E-state index contributed by atoms with van der Waals surface area (Å²) >= 11 is 0. The van der Waals surface area contributed by atoms with Gasteiger partial charge in [0.15, 0.2) is 0 Å². The van der Waals surface area contributed by atoms with Gasteiger partial charge in [-0.05, 0) is 50.8 Å². The van der Waals surface area contributed by atoms with E-state index in [4.69, 9.17) is 14.2 Å². The first-order chi connectivity index (χ1) is 13.6. The van der Waals surface area contributed by atoms with Crippen molar-refractivity contribution in [2.24, 2.45) is 0 Å². The van der Waals surface area contributed by atoms with E-state index >= 15 is 0 Å². The van der Waals surface area contributed by atoms with Crippen LogP contribution >= 0.6 is 0 Å². The van der Waals surface area contributed by atoms with E-state index in [-0.39, 0.29) is 18.1 Å². The highest BCUT2D eigenvalue weighted by Crippen LogP contribution is 2.30. The van der Waals surface area contributed by atoms with Gasteiger partial charge in [-0.3, -0.25) is 4.79 Å². The minimum Gasteiger partial charge on any atom is -0.497 e. The molecule has 1 amide bonds. The van der Waals surface area contributed by atoms with Crippen molar-refractivity contribution in [1.29, 1.82) is 0 Å². The summed E-state index contributed by atoms with van der Waals surface area (Å²) in [5.41, 5.74) is 0.514. The molecule has 2 fully saturated rings. The molecule has 1 aliphatic heterocycles. The number of carbonyl (C=O) groups is 1. The summed E-state index contributed by atoms with van der Waals surface area (Å²) in [4.78, 5) is 15.4. The molecule has 156 valence electrons.